The third-order valence-electron chi connectivity index (χ3n) is 4.79. The Hall–Kier alpha value is -3.17. The summed E-state index contributed by atoms with van der Waals surface area (Å²) < 4.78 is 15.0. The van der Waals surface area contributed by atoms with Crippen molar-refractivity contribution >= 4 is 57.7 Å². The van der Waals surface area contributed by atoms with Gasteiger partial charge in [-0.1, -0.05) is 12.1 Å². The lowest BCUT2D eigenvalue weighted by Gasteiger charge is -2.49. The molecule has 1 saturated heterocycles. The van der Waals surface area contributed by atoms with Crippen LogP contribution >= 0.6 is 23.1 Å². The van der Waals surface area contributed by atoms with Crippen LogP contribution < -0.4 is 11.1 Å². The summed E-state index contributed by atoms with van der Waals surface area (Å²) in [5, 5.41) is 15.7. The van der Waals surface area contributed by atoms with Crippen molar-refractivity contribution < 1.29 is 38.6 Å². The van der Waals surface area contributed by atoms with Crippen molar-refractivity contribution in [1.82, 2.24) is 15.2 Å². The van der Waals surface area contributed by atoms with Gasteiger partial charge in [0, 0.05) is 24.7 Å². The zero-order valence-corrected chi connectivity index (χ0v) is 19.9. The summed E-state index contributed by atoms with van der Waals surface area (Å²) in [6.45, 7) is 1.29. The number of esters is 2. The molecule has 184 valence electrons. The summed E-state index contributed by atoms with van der Waals surface area (Å²) in [6, 6.07) is -0.987. The molecule has 1 aromatic rings. The van der Waals surface area contributed by atoms with Crippen LogP contribution in [0.1, 0.15) is 25.5 Å². The van der Waals surface area contributed by atoms with Crippen LogP contribution in [-0.2, 0) is 33.4 Å². The number of hydrogen-bond acceptors (Lipinski definition) is 13. The minimum absolute atomic E-state index is 0.0176. The van der Waals surface area contributed by atoms with Gasteiger partial charge >= 0.3 is 11.9 Å². The van der Waals surface area contributed by atoms with Crippen LogP contribution in [0.3, 0.4) is 0 Å². The maximum Gasteiger partial charge on any atom is 0.358 e. The van der Waals surface area contributed by atoms with E-state index >= 15 is 0 Å². The summed E-state index contributed by atoms with van der Waals surface area (Å²) in [5.41, 5.74) is 5.72. The second-order valence-corrected chi connectivity index (χ2v) is 9.08. The molecule has 0 spiro atoms. The van der Waals surface area contributed by atoms with Crippen molar-refractivity contribution in [1.29, 1.82) is 0 Å². The number of anilines is 1. The topological polar surface area (TPSA) is 183 Å². The van der Waals surface area contributed by atoms with Crippen molar-refractivity contribution in [3.05, 3.63) is 22.3 Å². The van der Waals surface area contributed by atoms with E-state index in [2.05, 4.69) is 15.5 Å². The molecule has 0 saturated carbocycles. The maximum atomic E-state index is 12.9. The molecule has 34 heavy (non-hydrogen) atoms. The molecule has 3 rings (SSSR count). The van der Waals surface area contributed by atoms with Crippen LogP contribution in [0, 0.1) is 0 Å². The number of nitrogens with zero attached hydrogens (tertiary/aromatic N) is 3. The molecular weight excluding hydrogens is 490 g/mol. The number of fused-ring (bicyclic) bond motifs is 1. The van der Waals surface area contributed by atoms with Crippen molar-refractivity contribution in [3.8, 4) is 0 Å². The van der Waals surface area contributed by atoms with E-state index in [1.807, 2.05) is 0 Å². The standard InChI is InChI=1S/C19H23N5O8S2/c1-3-4-11(25)31-8-32-18(28)14-9(5-30-2)6-33-17-13(16(27)24(14)17)22-15(26)12(23-29)10-7-34-19(20)21-10/h7,13,17,29H,3-6,8H2,1-2H3,(H2,20,21)(H,22,26)/t13?,17-/m0/s1. The summed E-state index contributed by atoms with van der Waals surface area (Å²) in [7, 11) is 1.45. The van der Waals surface area contributed by atoms with Crippen LogP contribution in [0.2, 0.25) is 0 Å². The number of ether oxygens (including phenoxy) is 3. The summed E-state index contributed by atoms with van der Waals surface area (Å²) in [4.78, 5) is 54.9. The van der Waals surface area contributed by atoms with Gasteiger partial charge in [0.15, 0.2) is 10.8 Å². The molecule has 4 N–H and O–H groups in total. The van der Waals surface area contributed by atoms with E-state index in [4.69, 9.17) is 19.9 Å². The SMILES string of the molecule is CCCC(=O)OCOC(=O)C1=C(COC)CS[C@H]2C(NC(=O)C(=NO)c3csc(N)n3)C(=O)N12. The van der Waals surface area contributed by atoms with E-state index in [1.165, 1.54) is 29.2 Å². The molecule has 1 fully saturated rings. The van der Waals surface area contributed by atoms with Gasteiger partial charge in [0.05, 0.1) is 6.61 Å². The number of methoxy groups -OCH3 is 1. The van der Waals surface area contributed by atoms with Gasteiger partial charge in [-0.3, -0.25) is 19.3 Å². The van der Waals surface area contributed by atoms with Gasteiger partial charge in [0.25, 0.3) is 11.8 Å². The number of amides is 2. The number of hydrogen-bond donors (Lipinski definition) is 3. The first-order chi connectivity index (χ1) is 16.3. The Balaban J connectivity index is 1.70. The van der Waals surface area contributed by atoms with Crippen LogP contribution in [0.15, 0.2) is 21.8 Å². The summed E-state index contributed by atoms with van der Waals surface area (Å²) >= 11 is 2.37. The van der Waals surface area contributed by atoms with E-state index < -0.39 is 47.7 Å². The van der Waals surface area contributed by atoms with Crippen molar-refractivity contribution in [2.45, 2.75) is 31.2 Å². The minimum atomic E-state index is -0.987. The Kier molecular flexibility index (Phi) is 8.46. The lowest BCUT2D eigenvalue weighted by molar-refractivity contribution is -0.168. The highest BCUT2D eigenvalue weighted by Crippen LogP contribution is 2.40. The van der Waals surface area contributed by atoms with Gasteiger partial charge in [-0.15, -0.1) is 23.1 Å². The minimum Gasteiger partial charge on any atom is -0.428 e. The zero-order valence-electron chi connectivity index (χ0n) is 18.3. The Morgan fingerprint density at radius 3 is 2.76 bits per heavy atom. The summed E-state index contributed by atoms with van der Waals surface area (Å²) in [6.07, 6.45) is 0.773. The fourth-order valence-corrected chi connectivity index (χ4v) is 5.14. The third-order valence-corrected chi connectivity index (χ3v) is 6.80. The second kappa shape index (κ2) is 11.3. The van der Waals surface area contributed by atoms with Gasteiger partial charge in [-0.2, -0.15) is 0 Å². The van der Waals surface area contributed by atoms with Crippen molar-refractivity contribution in [2.75, 3.05) is 32.0 Å². The Labute approximate surface area is 202 Å². The molecule has 0 aliphatic carbocycles. The van der Waals surface area contributed by atoms with Gasteiger partial charge in [0.1, 0.15) is 22.8 Å². The number of aromatic nitrogens is 1. The molecule has 0 bridgehead atoms. The number of oxime groups is 1. The number of carbonyl (C=O) groups is 4. The van der Waals surface area contributed by atoms with Crippen LogP contribution in [0.4, 0.5) is 5.13 Å². The van der Waals surface area contributed by atoms with Gasteiger partial charge in [-0.25, -0.2) is 9.78 Å². The molecule has 2 atom stereocenters. The second-order valence-electron chi connectivity index (χ2n) is 7.08. The van der Waals surface area contributed by atoms with Crippen LogP contribution in [0.25, 0.3) is 0 Å². The van der Waals surface area contributed by atoms with E-state index in [9.17, 15) is 24.4 Å². The fraction of sp³-hybridized carbons (Fsp3) is 0.474. The van der Waals surface area contributed by atoms with Gasteiger partial charge in [0.2, 0.25) is 6.79 Å². The molecule has 1 unspecified atom stereocenters. The highest BCUT2D eigenvalue weighted by atomic mass is 32.2. The number of thiazole rings is 1. The lowest BCUT2D eigenvalue weighted by Crippen LogP contribution is -2.71. The Bertz CT molecular complexity index is 1040. The molecule has 15 heteroatoms. The molecule has 2 aliphatic heterocycles. The quantitative estimate of drug-likeness (QED) is 0.0959. The Morgan fingerprint density at radius 2 is 2.15 bits per heavy atom. The average molecular weight is 514 g/mol. The summed E-state index contributed by atoms with van der Waals surface area (Å²) in [5.74, 6) is -2.42. The normalized spacial score (nSPS) is 19.9. The first kappa shape index (κ1) is 25.5. The van der Waals surface area contributed by atoms with E-state index in [1.54, 1.807) is 6.92 Å². The van der Waals surface area contributed by atoms with Crippen molar-refractivity contribution in [2.24, 2.45) is 5.16 Å². The van der Waals surface area contributed by atoms with Gasteiger partial charge < -0.3 is 30.5 Å². The average Bonchev–Trinajstić information content (AvgIpc) is 3.23. The predicted octanol–water partition coefficient (Wildman–Crippen LogP) is 0.0480. The fourth-order valence-electron chi connectivity index (χ4n) is 3.27. The predicted molar refractivity (Wildman–Crippen MR) is 121 cm³/mol. The molecule has 13 nitrogen and oxygen atoms in total. The van der Waals surface area contributed by atoms with E-state index in [-0.39, 0.29) is 29.6 Å². The Morgan fingerprint density at radius 1 is 1.38 bits per heavy atom. The van der Waals surface area contributed by atoms with Crippen LogP contribution in [-0.4, -0.2) is 82.2 Å². The lowest BCUT2D eigenvalue weighted by atomic mass is 10.0. The first-order valence-corrected chi connectivity index (χ1v) is 12.0. The molecule has 3 heterocycles. The number of nitrogen functional groups attached to an aromatic ring is 1. The molecule has 2 aliphatic rings. The maximum absolute atomic E-state index is 12.9. The van der Waals surface area contributed by atoms with Gasteiger partial charge in [-0.05, 0) is 12.0 Å². The number of nitrogens with one attached hydrogen (secondary N) is 1. The zero-order chi connectivity index (χ0) is 24.8. The molecule has 1 aromatic heterocycles. The first-order valence-electron chi connectivity index (χ1n) is 10.0. The van der Waals surface area contributed by atoms with Crippen LogP contribution in [0.5, 0.6) is 0 Å². The number of nitrogens with two attached hydrogens (primary N) is 1. The number of carbonyl (C=O) groups excluding carboxylic acids is 4. The number of rotatable bonds is 10. The smallest absolute Gasteiger partial charge is 0.358 e. The van der Waals surface area contributed by atoms with E-state index in [0.29, 0.717) is 17.7 Å². The monoisotopic (exact) mass is 513 g/mol. The number of thioether (sulfide) groups is 1. The molecule has 2 amide bonds. The molecule has 0 radical (unpaired) electrons. The molecule has 0 aromatic carbocycles. The van der Waals surface area contributed by atoms with Crippen molar-refractivity contribution in [3.63, 3.8) is 0 Å². The highest BCUT2D eigenvalue weighted by molar-refractivity contribution is 8.00. The highest BCUT2D eigenvalue weighted by Gasteiger charge is 2.54. The van der Waals surface area contributed by atoms with E-state index in [0.717, 1.165) is 11.3 Å². The number of β-lactam (4-membered cyclic amide) rings is 1. The largest absolute Gasteiger partial charge is 0.428 e. The third kappa shape index (κ3) is 5.31. The molecular formula is C19H23N5O8S2.